The van der Waals surface area contributed by atoms with Crippen molar-refractivity contribution in [3.63, 3.8) is 0 Å². The van der Waals surface area contributed by atoms with Gasteiger partial charge < -0.3 is 31.9 Å². The van der Waals surface area contributed by atoms with Crippen LogP contribution in [0.2, 0.25) is 0 Å². The van der Waals surface area contributed by atoms with Gasteiger partial charge in [0.1, 0.15) is 0 Å². The molecule has 2 heterocycles. The first-order chi connectivity index (χ1) is 34.5. The minimum Gasteiger partial charge on any atom is -0.335 e. The quantitative estimate of drug-likeness (QED) is 0.0850. The van der Waals surface area contributed by atoms with E-state index < -0.39 is 0 Å². The predicted molar refractivity (Wildman–Crippen MR) is 304 cm³/mol. The molecule has 396 valence electrons. The molecule has 2 saturated carbocycles. The zero-order chi connectivity index (χ0) is 52.3. The summed E-state index contributed by atoms with van der Waals surface area (Å²) < 4.78 is 0. The first-order valence-electron chi connectivity index (χ1n) is 28.5. The van der Waals surface area contributed by atoms with Gasteiger partial charge in [-0.05, 0) is 149 Å². The minimum atomic E-state index is -0.0246. The van der Waals surface area contributed by atoms with Crippen molar-refractivity contribution in [2.45, 2.75) is 223 Å². The third-order valence-electron chi connectivity index (χ3n) is 17.4. The van der Waals surface area contributed by atoms with Gasteiger partial charge in [0.15, 0.2) is 0 Å². The summed E-state index contributed by atoms with van der Waals surface area (Å²) in [7, 11) is 0. The molecule has 4 aromatic rings. The Morgan fingerprint density at radius 2 is 0.644 bits per heavy atom. The smallest absolute Gasteiger partial charge is 0.315 e. The Morgan fingerprint density at radius 3 is 0.890 bits per heavy atom. The van der Waals surface area contributed by atoms with Crippen LogP contribution < -0.4 is 31.9 Å². The third-order valence-corrected chi connectivity index (χ3v) is 17.4. The van der Waals surface area contributed by atoms with Crippen LogP contribution in [0.1, 0.15) is 210 Å². The summed E-state index contributed by atoms with van der Waals surface area (Å²) in [5.41, 5.74) is 11.0. The van der Waals surface area contributed by atoms with Gasteiger partial charge in [-0.25, -0.2) is 9.59 Å². The Morgan fingerprint density at radius 1 is 0.397 bits per heavy atom. The highest BCUT2D eigenvalue weighted by Crippen LogP contribution is 2.39. The van der Waals surface area contributed by atoms with E-state index in [1.165, 1.54) is 76.6 Å². The van der Waals surface area contributed by atoms with Gasteiger partial charge in [-0.1, -0.05) is 180 Å². The summed E-state index contributed by atoms with van der Waals surface area (Å²) >= 11 is 0. The standard InChI is InChI=1S/C65H94N6O2/c1-62(2,3)48-25-17-44(18-26-48)58(45-19-27-49(28-20-45)63(4,5)6)56-38-54(40-66-56)70-60(72)68-52-33-13-42(14-34-52)37-43-15-35-53(36-16-43)69-61(73)71-55-39-57(67-41-55)59(46-21-29-50(30-22-46)64(7,8)9)47-23-31-51(32-24-47)65(10,11)12/h17-32,42-43,52-59,66-67H,13-16,33-41H2,1-12H3,(H2,68,70,72)(H2,69,71,73). The SMILES string of the molecule is CC(C)(C)c1ccc(C(c2ccc(C(C)(C)C)cc2)C2CC(NC(=O)NC3CCC(CC4CCC(NC(=O)NC5CNC(C(c6ccc(C(C)(C)C)cc6)c6ccc(C(C)(C)C)cc6)C5)CC4)CC3)CN2)cc1. The second kappa shape index (κ2) is 22.7. The van der Waals surface area contributed by atoms with E-state index >= 15 is 0 Å². The fourth-order valence-corrected chi connectivity index (χ4v) is 12.7. The van der Waals surface area contributed by atoms with Crippen molar-refractivity contribution < 1.29 is 9.59 Å². The summed E-state index contributed by atoms with van der Waals surface area (Å²) in [6.45, 7) is 28.8. The van der Waals surface area contributed by atoms with Crippen molar-refractivity contribution >= 4 is 12.1 Å². The molecule has 4 aliphatic rings. The van der Waals surface area contributed by atoms with E-state index in [0.717, 1.165) is 51.6 Å². The van der Waals surface area contributed by atoms with Crippen LogP contribution in [0, 0.1) is 11.8 Å². The Bertz CT molecular complexity index is 2120. The molecule has 0 bridgehead atoms. The Balaban J connectivity index is 0.754. The maximum Gasteiger partial charge on any atom is 0.315 e. The largest absolute Gasteiger partial charge is 0.335 e. The maximum atomic E-state index is 13.5. The summed E-state index contributed by atoms with van der Waals surface area (Å²) in [5.74, 6) is 1.81. The molecule has 0 spiro atoms. The zero-order valence-corrected chi connectivity index (χ0v) is 47.0. The second-order valence-electron chi connectivity index (χ2n) is 27.2. The molecule has 8 rings (SSSR count). The van der Waals surface area contributed by atoms with Crippen molar-refractivity contribution in [1.82, 2.24) is 31.9 Å². The van der Waals surface area contributed by atoms with Gasteiger partial charge in [0.2, 0.25) is 0 Å². The van der Waals surface area contributed by atoms with Gasteiger partial charge in [0, 0.05) is 61.2 Å². The number of hydrogen-bond donors (Lipinski definition) is 6. The number of amides is 4. The molecular weight excluding hydrogens is 897 g/mol. The summed E-state index contributed by atoms with van der Waals surface area (Å²) in [6.07, 6.45) is 11.9. The lowest BCUT2D eigenvalue weighted by Gasteiger charge is -2.34. The van der Waals surface area contributed by atoms with Gasteiger partial charge in [0.05, 0.1) is 0 Å². The van der Waals surface area contributed by atoms with Crippen LogP contribution in [0.4, 0.5) is 9.59 Å². The lowest BCUT2D eigenvalue weighted by Crippen LogP contribution is -2.48. The average Bonchev–Trinajstić information content (AvgIpc) is 3.99. The maximum absolute atomic E-state index is 13.5. The molecule has 4 unspecified atom stereocenters. The Hall–Kier alpha value is -4.66. The molecule has 4 atom stereocenters. The number of carbonyl (C=O) groups excluding carboxylic acids is 2. The minimum absolute atomic E-state index is 0.0246. The summed E-state index contributed by atoms with van der Waals surface area (Å²) in [6, 6.07) is 37.9. The molecule has 2 saturated heterocycles. The highest BCUT2D eigenvalue weighted by molar-refractivity contribution is 5.75. The van der Waals surface area contributed by atoms with Gasteiger partial charge in [0.25, 0.3) is 0 Å². The van der Waals surface area contributed by atoms with Crippen molar-refractivity contribution in [3.8, 4) is 0 Å². The second-order valence-corrected chi connectivity index (χ2v) is 27.2. The number of rotatable bonds is 12. The van der Waals surface area contributed by atoms with Crippen LogP contribution in [-0.2, 0) is 21.7 Å². The van der Waals surface area contributed by atoms with Crippen LogP contribution in [-0.4, -0.2) is 61.4 Å². The number of nitrogens with one attached hydrogen (secondary N) is 6. The average molecular weight is 992 g/mol. The number of urea groups is 2. The van der Waals surface area contributed by atoms with Gasteiger partial charge in [-0.15, -0.1) is 0 Å². The molecule has 2 aliphatic carbocycles. The van der Waals surface area contributed by atoms with Gasteiger partial charge >= 0.3 is 12.1 Å². The van der Waals surface area contributed by atoms with E-state index in [0.29, 0.717) is 11.8 Å². The van der Waals surface area contributed by atoms with Gasteiger partial charge in [-0.3, -0.25) is 0 Å². The number of benzene rings is 4. The molecule has 8 nitrogen and oxygen atoms in total. The molecule has 73 heavy (non-hydrogen) atoms. The summed E-state index contributed by atoms with van der Waals surface area (Å²) in [5, 5.41) is 21.1. The molecular formula is C65H94N6O2. The molecule has 4 fully saturated rings. The van der Waals surface area contributed by atoms with Crippen LogP contribution >= 0.6 is 0 Å². The third kappa shape index (κ3) is 14.4. The predicted octanol–water partition coefficient (Wildman–Crippen LogP) is 13.4. The Kier molecular flexibility index (Phi) is 17.0. The van der Waals surface area contributed by atoms with Crippen LogP contribution in [0.5, 0.6) is 0 Å². The van der Waals surface area contributed by atoms with Crippen LogP contribution in [0.15, 0.2) is 97.1 Å². The monoisotopic (exact) mass is 991 g/mol. The summed E-state index contributed by atoms with van der Waals surface area (Å²) in [4.78, 5) is 27.0. The fourth-order valence-electron chi connectivity index (χ4n) is 12.7. The lowest BCUT2D eigenvalue weighted by molar-refractivity contribution is 0.197. The van der Waals surface area contributed by atoms with E-state index in [9.17, 15) is 9.59 Å². The lowest BCUT2D eigenvalue weighted by atomic mass is 9.75. The molecule has 4 aromatic carbocycles. The number of carbonyl (C=O) groups is 2. The molecule has 8 heteroatoms. The highest BCUT2D eigenvalue weighted by atomic mass is 16.2. The molecule has 4 amide bonds. The van der Waals surface area contributed by atoms with Gasteiger partial charge in [-0.2, -0.15) is 0 Å². The van der Waals surface area contributed by atoms with E-state index in [2.05, 4.69) is 212 Å². The van der Waals surface area contributed by atoms with Crippen molar-refractivity contribution in [1.29, 1.82) is 0 Å². The van der Waals surface area contributed by atoms with E-state index in [1.54, 1.807) is 0 Å². The first kappa shape index (κ1) is 54.6. The molecule has 0 radical (unpaired) electrons. The molecule has 2 aliphatic heterocycles. The van der Waals surface area contributed by atoms with E-state index in [1.807, 2.05) is 0 Å². The number of hydrogen-bond acceptors (Lipinski definition) is 4. The topological polar surface area (TPSA) is 106 Å². The van der Waals surface area contributed by atoms with E-state index in [-0.39, 0.29) is 81.8 Å². The Labute approximate surface area is 441 Å². The zero-order valence-electron chi connectivity index (χ0n) is 47.0. The van der Waals surface area contributed by atoms with Crippen molar-refractivity contribution in [2.75, 3.05) is 13.1 Å². The fraction of sp³-hybridized carbons (Fsp3) is 0.600. The van der Waals surface area contributed by atoms with Crippen molar-refractivity contribution in [2.24, 2.45) is 11.8 Å². The normalized spacial score (nSPS) is 25.2. The van der Waals surface area contributed by atoms with Crippen LogP contribution in [0.25, 0.3) is 0 Å². The molecule has 0 aromatic heterocycles. The van der Waals surface area contributed by atoms with Crippen molar-refractivity contribution in [3.05, 3.63) is 142 Å². The first-order valence-corrected chi connectivity index (χ1v) is 28.5. The molecule has 6 N–H and O–H groups in total. The van der Waals surface area contributed by atoms with E-state index in [4.69, 9.17) is 0 Å². The highest BCUT2D eigenvalue weighted by Gasteiger charge is 2.37. The van der Waals surface area contributed by atoms with Crippen LogP contribution in [0.3, 0.4) is 0 Å².